The third-order valence-electron chi connectivity index (χ3n) is 8.97. The molecule has 1 saturated heterocycles. The van der Waals surface area contributed by atoms with Gasteiger partial charge in [0.05, 0.1) is 17.9 Å². The van der Waals surface area contributed by atoms with E-state index in [0.717, 1.165) is 89.0 Å². The molecule has 1 aliphatic rings. The van der Waals surface area contributed by atoms with Crippen molar-refractivity contribution in [2.24, 2.45) is 0 Å². The Balaban J connectivity index is 1.90. The first-order chi connectivity index (χ1) is 22.4. The molecule has 0 aliphatic carbocycles. The van der Waals surface area contributed by atoms with Gasteiger partial charge >= 0.3 is 12.1 Å². The predicted octanol–water partition coefficient (Wildman–Crippen LogP) is 6.92. The lowest BCUT2D eigenvalue weighted by molar-refractivity contribution is -0.136. The SMILES string of the molecule is CCCCCN(CCCCC)C(=O)N1CCN(C(=O)N(c2ccccc2)c2ccccc2)C(C(=O)N(C)CCCN(CC)CC)C1. The molecule has 1 unspecified atom stereocenters. The highest BCUT2D eigenvalue weighted by Gasteiger charge is 2.41. The van der Waals surface area contributed by atoms with E-state index < -0.39 is 6.04 Å². The number of hydrogen-bond donors (Lipinski definition) is 0. The van der Waals surface area contributed by atoms with Crippen molar-refractivity contribution in [2.75, 3.05) is 70.9 Å². The number of para-hydroxylation sites is 2. The van der Waals surface area contributed by atoms with Crippen molar-refractivity contribution in [3.8, 4) is 0 Å². The molecule has 1 atom stereocenters. The Kier molecular flexibility index (Phi) is 15.9. The fraction of sp³-hybridized carbons (Fsp3) is 0.595. The number of unbranched alkanes of at least 4 members (excludes halogenated alkanes) is 4. The van der Waals surface area contributed by atoms with E-state index in [1.165, 1.54) is 0 Å². The summed E-state index contributed by atoms with van der Waals surface area (Å²) in [5, 5.41) is 0. The number of nitrogens with zero attached hydrogens (tertiary/aromatic N) is 6. The highest BCUT2D eigenvalue weighted by Crippen LogP contribution is 2.28. The molecule has 0 radical (unpaired) electrons. The number of carbonyl (C=O) groups excluding carboxylic acids is 3. The van der Waals surface area contributed by atoms with Crippen LogP contribution in [0.15, 0.2) is 60.7 Å². The van der Waals surface area contributed by atoms with Crippen LogP contribution in [0.1, 0.15) is 72.6 Å². The van der Waals surface area contributed by atoms with Crippen LogP contribution >= 0.6 is 0 Å². The van der Waals surface area contributed by atoms with E-state index in [2.05, 4.69) is 32.6 Å². The smallest absolute Gasteiger partial charge is 0.329 e. The molecule has 9 nitrogen and oxygen atoms in total. The van der Waals surface area contributed by atoms with Crippen LogP contribution in [0.25, 0.3) is 0 Å². The first kappa shape index (κ1) is 36.9. The number of rotatable bonds is 17. The van der Waals surface area contributed by atoms with Crippen LogP contribution in [-0.4, -0.2) is 114 Å². The molecule has 0 N–H and O–H groups in total. The first-order valence-electron chi connectivity index (χ1n) is 17.6. The zero-order valence-electron chi connectivity index (χ0n) is 29.1. The van der Waals surface area contributed by atoms with Gasteiger partial charge in [0.15, 0.2) is 0 Å². The highest BCUT2D eigenvalue weighted by atomic mass is 16.2. The predicted molar refractivity (Wildman–Crippen MR) is 189 cm³/mol. The van der Waals surface area contributed by atoms with Crippen molar-refractivity contribution in [1.29, 1.82) is 0 Å². The lowest BCUT2D eigenvalue weighted by atomic mass is 10.1. The zero-order chi connectivity index (χ0) is 33.3. The maximum Gasteiger partial charge on any atom is 0.329 e. The largest absolute Gasteiger partial charge is 0.344 e. The Bertz CT molecular complexity index is 1130. The van der Waals surface area contributed by atoms with Crippen LogP contribution in [-0.2, 0) is 4.79 Å². The summed E-state index contributed by atoms with van der Waals surface area (Å²) < 4.78 is 0. The molecular formula is C37H58N6O3. The Labute approximate surface area is 278 Å². The second-order valence-electron chi connectivity index (χ2n) is 12.3. The van der Waals surface area contributed by atoms with E-state index in [0.29, 0.717) is 13.1 Å². The Morgan fingerprint density at radius 1 is 0.674 bits per heavy atom. The molecular weight excluding hydrogens is 576 g/mol. The van der Waals surface area contributed by atoms with Gasteiger partial charge in [0, 0.05) is 39.8 Å². The quantitative estimate of drug-likeness (QED) is 0.177. The summed E-state index contributed by atoms with van der Waals surface area (Å²) in [6.45, 7) is 14.3. The third kappa shape index (κ3) is 10.5. The van der Waals surface area contributed by atoms with Crippen LogP contribution in [0.3, 0.4) is 0 Å². The van der Waals surface area contributed by atoms with Crippen molar-refractivity contribution >= 4 is 29.3 Å². The minimum Gasteiger partial charge on any atom is -0.344 e. The van der Waals surface area contributed by atoms with Crippen LogP contribution in [0.5, 0.6) is 0 Å². The summed E-state index contributed by atoms with van der Waals surface area (Å²) in [7, 11) is 1.82. The van der Waals surface area contributed by atoms with E-state index in [-0.39, 0.29) is 31.1 Å². The summed E-state index contributed by atoms with van der Waals surface area (Å²) in [4.78, 5) is 54.0. The lowest BCUT2D eigenvalue weighted by Gasteiger charge is -2.44. The maximum atomic E-state index is 14.5. The number of piperazine rings is 1. The zero-order valence-corrected chi connectivity index (χ0v) is 29.1. The van der Waals surface area contributed by atoms with Gasteiger partial charge in [0.1, 0.15) is 6.04 Å². The number of carbonyl (C=O) groups is 3. The molecule has 1 fully saturated rings. The third-order valence-corrected chi connectivity index (χ3v) is 8.97. The molecule has 2 aromatic carbocycles. The minimum atomic E-state index is -0.785. The number of benzene rings is 2. The van der Waals surface area contributed by atoms with Gasteiger partial charge in [-0.2, -0.15) is 0 Å². The van der Waals surface area contributed by atoms with Gasteiger partial charge in [0.25, 0.3) is 0 Å². The van der Waals surface area contributed by atoms with E-state index in [4.69, 9.17) is 0 Å². The Hall–Kier alpha value is -3.59. The van der Waals surface area contributed by atoms with Crippen LogP contribution < -0.4 is 4.90 Å². The average molecular weight is 635 g/mol. The molecule has 1 aliphatic heterocycles. The fourth-order valence-electron chi connectivity index (χ4n) is 6.09. The molecule has 254 valence electrons. The summed E-state index contributed by atoms with van der Waals surface area (Å²) in [5.41, 5.74) is 1.46. The molecule has 0 aromatic heterocycles. The van der Waals surface area contributed by atoms with Crippen LogP contribution in [0.4, 0.5) is 21.0 Å². The van der Waals surface area contributed by atoms with Crippen molar-refractivity contribution in [2.45, 2.75) is 78.7 Å². The second kappa shape index (κ2) is 19.8. The van der Waals surface area contributed by atoms with E-state index >= 15 is 0 Å². The number of anilines is 2. The first-order valence-corrected chi connectivity index (χ1v) is 17.6. The van der Waals surface area contributed by atoms with Gasteiger partial charge in [-0.3, -0.25) is 9.69 Å². The summed E-state index contributed by atoms with van der Waals surface area (Å²) in [6, 6.07) is 18.0. The van der Waals surface area contributed by atoms with Crippen molar-refractivity contribution < 1.29 is 14.4 Å². The lowest BCUT2D eigenvalue weighted by Crippen LogP contribution is -2.64. The van der Waals surface area contributed by atoms with Gasteiger partial charge in [-0.1, -0.05) is 89.8 Å². The molecule has 0 saturated carbocycles. The molecule has 3 rings (SSSR count). The number of amides is 5. The van der Waals surface area contributed by atoms with Crippen LogP contribution in [0.2, 0.25) is 0 Å². The molecule has 5 amide bonds. The maximum absolute atomic E-state index is 14.5. The Morgan fingerprint density at radius 3 is 1.72 bits per heavy atom. The number of urea groups is 2. The Morgan fingerprint density at radius 2 is 1.22 bits per heavy atom. The summed E-state index contributed by atoms with van der Waals surface area (Å²) >= 11 is 0. The number of likely N-dealkylation sites (N-methyl/N-ethyl adjacent to an activating group) is 1. The van der Waals surface area contributed by atoms with Crippen molar-refractivity contribution in [1.82, 2.24) is 24.5 Å². The van der Waals surface area contributed by atoms with E-state index in [9.17, 15) is 14.4 Å². The van der Waals surface area contributed by atoms with Crippen LogP contribution in [0, 0.1) is 0 Å². The standard InChI is InChI=1S/C37H58N6O3/c1-6-10-18-27-40(28-19-11-7-2)36(45)41-29-30-42(34(31-41)35(44)38(5)25-20-26-39(8-3)9-4)37(46)43(32-21-14-12-15-22-32)33-23-16-13-17-24-33/h12-17,21-24,34H,6-11,18-20,25-31H2,1-5H3. The molecule has 46 heavy (non-hydrogen) atoms. The van der Waals surface area contributed by atoms with E-state index in [1.807, 2.05) is 77.5 Å². The summed E-state index contributed by atoms with van der Waals surface area (Å²) in [5.74, 6) is -0.130. The van der Waals surface area contributed by atoms with Crippen molar-refractivity contribution in [3.05, 3.63) is 60.7 Å². The monoisotopic (exact) mass is 634 g/mol. The number of hydrogen-bond acceptors (Lipinski definition) is 4. The normalized spacial score (nSPS) is 14.8. The minimum absolute atomic E-state index is 0.0238. The topological polar surface area (TPSA) is 70.7 Å². The average Bonchev–Trinajstić information content (AvgIpc) is 3.09. The fourth-order valence-corrected chi connectivity index (χ4v) is 6.09. The summed E-state index contributed by atoms with van der Waals surface area (Å²) in [6.07, 6.45) is 7.11. The van der Waals surface area contributed by atoms with Gasteiger partial charge in [-0.15, -0.1) is 0 Å². The molecule has 0 spiro atoms. The van der Waals surface area contributed by atoms with E-state index in [1.54, 1.807) is 14.7 Å². The van der Waals surface area contributed by atoms with Crippen molar-refractivity contribution in [3.63, 3.8) is 0 Å². The van der Waals surface area contributed by atoms with Gasteiger partial charge in [-0.05, 0) is 63.2 Å². The molecule has 0 bridgehead atoms. The molecule has 1 heterocycles. The second-order valence-corrected chi connectivity index (χ2v) is 12.3. The molecule has 2 aromatic rings. The molecule has 9 heteroatoms. The van der Waals surface area contributed by atoms with Gasteiger partial charge in [-0.25, -0.2) is 9.59 Å². The van der Waals surface area contributed by atoms with Gasteiger partial charge < -0.3 is 24.5 Å². The van der Waals surface area contributed by atoms with Gasteiger partial charge in [0.2, 0.25) is 5.91 Å². The highest BCUT2D eigenvalue weighted by molar-refractivity contribution is 6.01.